The van der Waals surface area contributed by atoms with E-state index in [1.807, 2.05) is 68.4 Å². The largest absolute Gasteiger partial charge is 0.467 e. The highest BCUT2D eigenvalue weighted by Gasteiger charge is 2.28. The second-order valence-corrected chi connectivity index (χ2v) is 8.54. The van der Waals surface area contributed by atoms with Gasteiger partial charge >= 0.3 is 0 Å². The van der Waals surface area contributed by atoms with Gasteiger partial charge in [-0.1, -0.05) is 36.4 Å². The van der Waals surface area contributed by atoms with E-state index < -0.39 is 0 Å². The van der Waals surface area contributed by atoms with E-state index in [1.165, 1.54) is 0 Å². The van der Waals surface area contributed by atoms with Gasteiger partial charge < -0.3 is 19.0 Å². The van der Waals surface area contributed by atoms with Crippen LogP contribution in [-0.4, -0.2) is 53.5 Å². The van der Waals surface area contributed by atoms with Crippen molar-refractivity contribution < 1.29 is 18.7 Å². The molecule has 3 aromatic rings. The van der Waals surface area contributed by atoms with Crippen LogP contribution in [0.5, 0.6) is 0 Å². The number of hydrogen-bond acceptors (Lipinski definition) is 4. The lowest BCUT2D eigenvalue weighted by atomic mass is 10.0. The van der Waals surface area contributed by atoms with E-state index in [1.54, 1.807) is 16.1 Å². The van der Waals surface area contributed by atoms with Gasteiger partial charge in [0.1, 0.15) is 12.3 Å². The molecule has 6 heteroatoms. The summed E-state index contributed by atoms with van der Waals surface area (Å²) >= 11 is 0. The number of ether oxygens (including phenoxy) is 1. The second-order valence-electron chi connectivity index (χ2n) is 8.54. The van der Waals surface area contributed by atoms with Crippen molar-refractivity contribution in [3.05, 3.63) is 72.2 Å². The molecule has 4 rings (SSSR count). The number of furan rings is 1. The Morgan fingerprint density at radius 1 is 1.06 bits per heavy atom. The van der Waals surface area contributed by atoms with E-state index in [9.17, 15) is 9.59 Å². The van der Waals surface area contributed by atoms with Crippen LogP contribution in [0, 0.1) is 0 Å². The normalized spacial score (nSPS) is 15.9. The number of amides is 2. The van der Waals surface area contributed by atoms with Crippen LogP contribution in [0.1, 0.15) is 42.8 Å². The molecule has 1 atom stereocenters. The molecule has 0 saturated carbocycles. The summed E-state index contributed by atoms with van der Waals surface area (Å²) in [6.45, 7) is 5.47. The first kappa shape index (κ1) is 22.1. The highest BCUT2D eigenvalue weighted by atomic mass is 16.5. The zero-order valence-corrected chi connectivity index (χ0v) is 18.7. The van der Waals surface area contributed by atoms with Crippen LogP contribution < -0.4 is 0 Å². The fourth-order valence-electron chi connectivity index (χ4n) is 4.18. The summed E-state index contributed by atoms with van der Waals surface area (Å²) in [6, 6.07) is 17.1. The van der Waals surface area contributed by atoms with Gasteiger partial charge in [-0.3, -0.25) is 9.59 Å². The topological polar surface area (TPSA) is 63.0 Å². The quantitative estimate of drug-likeness (QED) is 0.524. The number of hydrogen-bond donors (Lipinski definition) is 0. The van der Waals surface area contributed by atoms with Crippen LogP contribution in [0.2, 0.25) is 0 Å². The zero-order chi connectivity index (χ0) is 22.5. The van der Waals surface area contributed by atoms with Crippen molar-refractivity contribution in [3.8, 4) is 0 Å². The summed E-state index contributed by atoms with van der Waals surface area (Å²) in [5.41, 5.74) is 0.612. The zero-order valence-electron chi connectivity index (χ0n) is 18.7. The Hall–Kier alpha value is -3.12. The van der Waals surface area contributed by atoms with Crippen LogP contribution in [-0.2, 0) is 16.1 Å². The smallest absolute Gasteiger partial charge is 0.255 e. The number of carbonyl (C=O) groups excluding carboxylic acids is 2. The fourth-order valence-corrected chi connectivity index (χ4v) is 4.18. The van der Waals surface area contributed by atoms with Crippen molar-refractivity contribution in [3.63, 3.8) is 0 Å². The summed E-state index contributed by atoms with van der Waals surface area (Å²) in [5.74, 6) is 0.465. The minimum Gasteiger partial charge on any atom is -0.467 e. The molecule has 168 valence electrons. The average molecular weight is 435 g/mol. The lowest BCUT2D eigenvalue weighted by molar-refractivity contribution is -0.134. The van der Waals surface area contributed by atoms with Gasteiger partial charge in [-0.05, 0) is 55.7 Å². The van der Waals surface area contributed by atoms with Gasteiger partial charge in [0.2, 0.25) is 5.91 Å². The first-order valence-corrected chi connectivity index (χ1v) is 11.2. The van der Waals surface area contributed by atoms with E-state index in [0.29, 0.717) is 24.4 Å². The molecule has 2 amide bonds. The van der Waals surface area contributed by atoms with Crippen LogP contribution >= 0.6 is 0 Å². The Morgan fingerprint density at radius 3 is 2.59 bits per heavy atom. The Labute approximate surface area is 188 Å². The van der Waals surface area contributed by atoms with Crippen molar-refractivity contribution in [2.75, 3.05) is 19.7 Å². The fraction of sp³-hybridized carbons (Fsp3) is 0.385. The van der Waals surface area contributed by atoms with E-state index >= 15 is 0 Å². The average Bonchev–Trinajstić information content (AvgIpc) is 3.50. The minimum atomic E-state index is -0.139. The summed E-state index contributed by atoms with van der Waals surface area (Å²) < 4.78 is 11.2. The summed E-state index contributed by atoms with van der Waals surface area (Å²) in [6.07, 6.45) is 3.57. The maximum atomic E-state index is 13.5. The molecule has 1 aliphatic heterocycles. The van der Waals surface area contributed by atoms with Crippen molar-refractivity contribution in [1.82, 2.24) is 9.80 Å². The maximum absolute atomic E-state index is 13.5. The number of fused-ring (bicyclic) bond motifs is 1. The highest BCUT2D eigenvalue weighted by Crippen LogP contribution is 2.22. The third-order valence-electron chi connectivity index (χ3n) is 5.94. The van der Waals surface area contributed by atoms with E-state index in [4.69, 9.17) is 9.15 Å². The summed E-state index contributed by atoms with van der Waals surface area (Å²) in [5, 5.41) is 1.90. The number of benzene rings is 2. The van der Waals surface area contributed by atoms with Gasteiger partial charge in [-0.25, -0.2) is 0 Å². The molecule has 1 saturated heterocycles. The first-order valence-electron chi connectivity index (χ1n) is 11.2. The van der Waals surface area contributed by atoms with Crippen molar-refractivity contribution in [1.29, 1.82) is 0 Å². The van der Waals surface area contributed by atoms with Crippen molar-refractivity contribution in [2.24, 2.45) is 0 Å². The van der Waals surface area contributed by atoms with Gasteiger partial charge in [-0.15, -0.1) is 0 Å². The van der Waals surface area contributed by atoms with Gasteiger partial charge in [-0.2, -0.15) is 0 Å². The number of nitrogens with zero attached hydrogens (tertiary/aromatic N) is 2. The Morgan fingerprint density at radius 2 is 1.88 bits per heavy atom. The molecule has 1 aromatic heterocycles. The highest BCUT2D eigenvalue weighted by molar-refractivity contribution is 6.07. The van der Waals surface area contributed by atoms with Gasteiger partial charge in [0.25, 0.3) is 5.91 Å². The van der Waals surface area contributed by atoms with E-state index in [2.05, 4.69) is 0 Å². The standard InChI is InChI=1S/C26H30N2O4/c1-19(2)28(26(30)24-13-5-9-20-8-3-4-12-23(20)24)18-25(29)27(16-21-10-6-14-31-21)17-22-11-7-15-32-22/h3-6,8-10,12-14,19,22H,7,11,15-18H2,1-2H3. The molecule has 1 fully saturated rings. The Kier molecular flexibility index (Phi) is 6.90. The molecule has 0 N–H and O–H groups in total. The van der Waals surface area contributed by atoms with Gasteiger partial charge in [0.15, 0.2) is 0 Å². The molecule has 0 bridgehead atoms. The molecule has 2 aromatic carbocycles. The molecule has 0 aliphatic carbocycles. The maximum Gasteiger partial charge on any atom is 0.255 e. The van der Waals surface area contributed by atoms with Crippen LogP contribution in [0.4, 0.5) is 0 Å². The molecule has 0 radical (unpaired) electrons. The molecule has 1 aliphatic rings. The molecule has 2 heterocycles. The molecular weight excluding hydrogens is 404 g/mol. The minimum absolute atomic E-state index is 0.00709. The molecule has 1 unspecified atom stereocenters. The first-order chi connectivity index (χ1) is 15.5. The van der Waals surface area contributed by atoms with Crippen molar-refractivity contribution >= 4 is 22.6 Å². The predicted octanol–water partition coefficient (Wildman–Crippen LogP) is 4.49. The molecular formula is C26H30N2O4. The van der Waals surface area contributed by atoms with Crippen molar-refractivity contribution in [2.45, 2.75) is 45.4 Å². The lowest BCUT2D eigenvalue weighted by Crippen LogP contribution is -2.47. The monoisotopic (exact) mass is 434 g/mol. The summed E-state index contributed by atoms with van der Waals surface area (Å²) in [7, 11) is 0. The van der Waals surface area contributed by atoms with Crippen LogP contribution in [0.3, 0.4) is 0 Å². The Bertz CT molecular complexity index is 1050. The van der Waals surface area contributed by atoms with E-state index in [0.717, 1.165) is 30.2 Å². The van der Waals surface area contributed by atoms with Gasteiger partial charge in [0.05, 0.1) is 18.9 Å². The third kappa shape index (κ3) is 5.02. The number of rotatable bonds is 8. The second kappa shape index (κ2) is 10.0. The predicted molar refractivity (Wildman–Crippen MR) is 123 cm³/mol. The lowest BCUT2D eigenvalue weighted by Gasteiger charge is -2.31. The van der Waals surface area contributed by atoms with Gasteiger partial charge in [0, 0.05) is 24.8 Å². The molecule has 6 nitrogen and oxygen atoms in total. The van der Waals surface area contributed by atoms with Crippen LogP contribution in [0.15, 0.2) is 65.3 Å². The summed E-state index contributed by atoms with van der Waals surface area (Å²) in [4.78, 5) is 30.3. The Balaban J connectivity index is 1.55. The third-order valence-corrected chi connectivity index (χ3v) is 5.94. The van der Waals surface area contributed by atoms with Crippen LogP contribution in [0.25, 0.3) is 10.8 Å². The SMILES string of the molecule is CC(C)N(CC(=O)N(Cc1ccco1)CC1CCCO1)C(=O)c1cccc2ccccc12. The molecule has 32 heavy (non-hydrogen) atoms. The molecule has 0 spiro atoms. The number of carbonyl (C=O) groups is 2. The van der Waals surface area contributed by atoms with E-state index in [-0.39, 0.29) is 30.5 Å².